The van der Waals surface area contributed by atoms with E-state index in [1.54, 1.807) is 6.92 Å². The number of hydrogen-bond donors (Lipinski definition) is 1. The fraction of sp³-hybridized carbons (Fsp3) is 0.923. The van der Waals surface area contributed by atoms with Gasteiger partial charge in [-0.2, -0.15) is 0 Å². The van der Waals surface area contributed by atoms with E-state index in [0.29, 0.717) is 12.6 Å². The molecule has 4 nitrogen and oxygen atoms in total. The molecular weight excluding hydrogens is 218 g/mol. The lowest BCUT2D eigenvalue weighted by molar-refractivity contribution is -0.142. The van der Waals surface area contributed by atoms with Crippen molar-refractivity contribution in [3.05, 3.63) is 0 Å². The van der Waals surface area contributed by atoms with Crippen LogP contribution in [0.15, 0.2) is 0 Å². The van der Waals surface area contributed by atoms with Gasteiger partial charge in [0.05, 0.1) is 18.1 Å². The Bertz CT molecular complexity index is 247. The van der Waals surface area contributed by atoms with Crippen LogP contribution in [0.25, 0.3) is 0 Å². The first-order valence-corrected chi connectivity index (χ1v) is 6.56. The Kier molecular flexibility index (Phi) is 5.40. The highest BCUT2D eigenvalue weighted by atomic mass is 16.5. The lowest BCUT2D eigenvalue weighted by Gasteiger charge is -2.39. The maximum Gasteiger partial charge on any atom is 0.307 e. The van der Waals surface area contributed by atoms with Gasteiger partial charge in [-0.05, 0) is 33.2 Å². The van der Waals surface area contributed by atoms with E-state index in [1.165, 1.54) is 0 Å². The van der Waals surface area contributed by atoms with E-state index in [4.69, 9.17) is 9.84 Å². The second-order valence-corrected chi connectivity index (χ2v) is 5.21. The summed E-state index contributed by atoms with van der Waals surface area (Å²) in [5.41, 5.74) is 0. The summed E-state index contributed by atoms with van der Waals surface area (Å²) in [7, 11) is 0. The number of nitrogens with zero attached hydrogens (tertiary/aromatic N) is 1. The van der Waals surface area contributed by atoms with Crippen molar-refractivity contribution in [1.29, 1.82) is 0 Å². The van der Waals surface area contributed by atoms with Crippen molar-refractivity contribution in [2.45, 2.75) is 58.8 Å². The average molecular weight is 243 g/mol. The molecule has 17 heavy (non-hydrogen) atoms. The minimum Gasteiger partial charge on any atom is -0.481 e. The third-order valence-electron chi connectivity index (χ3n) is 3.53. The maximum atomic E-state index is 10.9. The highest BCUT2D eigenvalue weighted by Gasteiger charge is 2.29. The number of aliphatic carboxylic acids is 1. The molecule has 0 bridgehead atoms. The van der Waals surface area contributed by atoms with Crippen LogP contribution in [0.1, 0.15) is 40.5 Å². The third kappa shape index (κ3) is 4.28. The molecule has 0 aromatic heterocycles. The topological polar surface area (TPSA) is 49.8 Å². The Morgan fingerprint density at radius 1 is 1.41 bits per heavy atom. The number of carboxylic acids is 1. The molecule has 3 unspecified atom stereocenters. The highest BCUT2D eigenvalue weighted by molar-refractivity contribution is 5.69. The molecule has 4 heteroatoms. The second kappa shape index (κ2) is 6.36. The largest absolute Gasteiger partial charge is 0.481 e. The minimum absolute atomic E-state index is 0.276. The van der Waals surface area contributed by atoms with Crippen LogP contribution in [0.2, 0.25) is 0 Å². The molecule has 1 aliphatic heterocycles. The van der Waals surface area contributed by atoms with Crippen molar-refractivity contribution in [3.8, 4) is 0 Å². The monoisotopic (exact) mass is 243 g/mol. The van der Waals surface area contributed by atoms with Crippen LogP contribution in [-0.2, 0) is 9.53 Å². The number of carboxylic acid groups (broad SMARTS) is 1. The molecule has 3 atom stereocenters. The van der Waals surface area contributed by atoms with Crippen LogP contribution in [-0.4, -0.2) is 47.3 Å². The van der Waals surface area contributed by atoms with Gasteiger partial charge in [0.25, 0.3) is 0 Å². The molecule has 1 N–H and O–H groups in total. The first kappa shape index (κ1) is 14.5. The molecule has 0 amide bonds. The normalized spacial score (nSPS) is 31.5. The van der Waals surface area contributed by atoms with Crippen molar-refractivity contribution in [1.82, 2.24) is 4.90 Å². The fourth-order valence-corrected chi connectivity index (χ4v) is 2.63. The molecule has 1 rings (SSSR count). The predicted octanol–water partition coefficient (Wildman–Crippen LogP) is 1.98. The van der Waals surface area contributed by atoms with Gasteiger partial charge < -0.3 is 9.84 Å². The zero-order valence-electron chi connectivity index (χ0n) is 11.3. The summed E-state index contributed by atoms with van der Waals surface area (Å²) < 4.78 is 5.72. The highest BCUT2D eigenvalue weighted by Crippen LogP contribution is 2.24. The van der Waals surface area contributed by atoms with Crippen molar-refractivity contribution in [3.63, 3.8) is 0 Å². The summed E-state index contributed by atoms with van der Waals surface area (Å²) in [6, 6.07) is 0.459. The van der Waals surface area contributed by atoms with Crippen molar-refractivity contribution in [2.75, 3.05) is 13.1 Å². The molecule has 1 saturated heterocycles. The molecule has 1 heterocycles. The summed E-state index contributed by atoms with van der Waals surface area (Å²) in [6.07, 6.45) is 2.56. The summed E-state index contributed by atoms with van der Waals surface area (Å²) >= 11 is 0. The maximum absolute atomic E-state index is 10.9. The number of carbonyl (C=O) groups is 1. The SMILES string of the molecule is CCN(CC(C)C(=O)O)C1CC(C)OC(C)C1. The Hall–Kier alpha value is -0.610. The summed E-state index contributed by atoms with van der Waals surface area (Å²) in [5, 5.41) is 8.98. The molecular formula is C13H25NO3. The average Bonchev–Trinajstić information content (AvgIpc) is 2.23. The van der Waals surface area contributed by atoms with E-state index < -0.39 is 5.97 Å². The molecule has 0 aromatic rings. The smallest absolute Gasteiger partial charge is 0.307 e. The molecule has 0 saturated carbocycles. The van der Waals surface area contributed by atoms with Gasteiger partial charge in [0.2, 0.25) is 0 Å². The van der Waals surface area contributed by atoms with Crippen LogP contribution in [0.3, 0.4) is 0 Å². The van der Waals surface area contributed by atoms with Gasteiger partial charge in [-0.15, -0.1) is 0 Å². The molecule has 1 aliphatic rings. The quantitative estimate of drug-likeness (QED) is 0.802. The van der Waals surface area contributed by atoms with Crippen molar-refractivity contribution in [2.24, 2.45) is 5.92 Å². The zero-order chi connectivity index (χ0) is 13.0. The van der Waals surface area contributed by atoms with Crippen molar-refractivity contribution >= 4 is 5.97 Å². The molecule has 100 valence electrons. The van der Waals surface area contributed by atoms with E-state index in [0.717, 1.165) is 19.4 Å². The lowest BCUT2D eigenvalue weighted by atomic mass is 9.97. The first-order chi connectivity index (χ1) is 7.93. The Labute approximate surface area is 104 Å². The Morgan fingerprint density at radius 2 is 1.94 bits per heavy atom. The molecule has 0 aliphatic carbocycles. The van der Waals surface area contributed by atoms with Gasteiger partial charge in [0.1, 0.15) is 0 Å². The van der Waals surface area contributed by atoms with Crippen molar-refractivity contribution < 1.29 is 14.6 Å². The first-order valence-electron chi connectivity index (χ1n) is 6.56. The number of rotatable bonds is 5. The standard InChI is InChI=1S/C13H25NO3/c1-5-14(8-9(2)13(15)16)12-6-10(3)17-11(4)7-12/h9-12H,5-8H2,1-4H3,(H,15,16). The third-order valence-corrected chi connectivity index (χ3v) is 3.53. The second-order valence-electron chi connectivity index (χ2n) is 5.21. The molecule has 0 spiro atoms. The lowest BCUT2D eigenvalue weighted by Crippen LogP contribution is -2.46. The molecule has 1 fully saturated rings. The number of ether oxygens (including phenoxy) is 1. The summed E-state index contributed by atoms with van der Waals surface area (Å²) in [4.78, 5) is 13.2. The van der Waals surface area contributed by atoms with Crippen LogP contribution < -0.4 is 0 Å². The van der Waals surface area contributed by atoms with Gasteiger partial charge in [-0.25, -0.2) is 0 Å². The van der Waals surface area contributed by atoms with Gasteiger partial charge in [-0.3, -0.25) is 9.69 Å². The van der Waals surface area contributed by atoms with Crippen LogP contribution in [0, 0.1) is 5.92 Å². The van der Waals surface area contributed by atoms with Gasteiger partial charge in [0, 0.05) is 12.6 Å². The van der Waals surface area contributed by atoms with E-state index in [9.17, 15) is 4.79 Å². The van der Waals surface area contributed by atoms with Gasteiger partial charge >= 0.3 is 5.97 Å². The van der Waals surface area contributed by atoms with E-state index in [2.05, 4.69) is 25.7 Å². The van der Waals surface area contributed by atoms with E-state index in [1.807, 2.05) is 0 Å². The zero-order valence-corrected chi connectivity index (χ0v) is 11.3. The molecule has 0 aromatic carbocycles. The predicted molar refractivity (Wildman–Crippen MR) is 67.1 cm³/mol. The van der Waals surface area contributed by atoms with Crippen LogP contribution in [0.4, 0.5) is 0 Å². The van der Waals surface area contributed by atoms with Gasteiger partial charge in [-0.1, -0.05) is 13.8 Å². The Balaban J connectivity index is 2.57. The van der Waals surface area contributed by atoms with E-state index >= 15 is 0 Å². The van der Waals surface area contributed by atoms with Crippen LogP contribution >= 0.6 is 0 Å². The van der Waals surface area contributed by atoms with Gasteiger partial charge in [0.15, 0.2) is 0 Å². The fourth-order valence-electron chi connectivity index (χ4n) is 2.63. The van der Waals surface area contributed by atoms with Crippen LogP contribution in [0.5, 0.6) is 0 Å². The summed E-state index contributed by atoms with van der Waals surface area (Å²) in [5.74, 6) is -1.01. The molecule has 0 radical (unpaired) electrons. The summed E-state index contributed by atoms with van der Waals surface area (Å²) in [6.45, 7) is 9.60. The Morgan fingerprint density at radius 3 is 2.35 bits per heavy atom. The minimum atomic E-state index is -0.711. The number of hydrogen-bond acceptors (Lipinski definition) is 3. The van der Waals surface area contributed by atoms with E-state index in [-0.39, 0.29) is 18.1 Å².